The van der Waals surface area contributed by atoms with Crippen LogP contribution >= 0.6 is 0 Å². The number of epoxide rings is 1. The van der Waals surface area contributed by atoms with E-state index in [0.29, 0.717) is 0 Å². The van der Waals surface area contributed by atoms with E-state index in [0.717, 1.165) is 12.2 Å². The fraction of sp³-hybridized carbons (Fsp3) is 0.273. The monoisotopic (exact) mass is 178 g/mol. The van der Waals surface area contributed by atoms with Gasteiger partial charge in [-0.15, -0.1) is 0 Å². The van der Waals surface area contributed by atoms with Gasteiger partial charge in [0.2, 0.25) is 0 Å². The zero-order chi connectivity index (χ0) is 9.31. The second kappa shape index (κ2) is 2.96. The summed E-state index contributed by atoms with van der Waals surface area (Å²) in [6.07, 6.45) is 3.95. The van der Waals surface area contributed by atoms with Gasteiger partial charge in [-0.1, -0.05) is 24.3 Å². The summed E-state index contributed by atoms with van der Waals surface area (Å²) in [5.74, 6) is -0.203. The highest BCUT2D eigenvalue weighted by Crippen LogP contribution is 2.28. The van der Waals surface area contributed by atoms with Crippen LogP contribution in [0.3, 0.4) is 0 Å². The Labute approximate surface area is 76.8 Å². The van der Waals surface area contributed by atoms with Crippen LogP contribution in [0.2, 0.25) is 0 Å². The van der Waals surface area contributed by atoms with Crippen LogP contribution in [0.25, 0.3) is 6.08 Å². The molecule has 1 unspecified atom stereocenters. The second-order valence-electron chi connectivity index (χ2n) is 3.49. The van der Waals surface area contributed by atoms with Gasteiger partial charge in [0, 0.05) is 0 Å². The minimum Gasteiger partial charge on any atom is -0.365 e. The highest BCUT2D eigenvalue weighted by molar-refractivity contribution is 5.50. The highest BCUT2D eigenvalue weighted by Gasteiger charge is 2.35. The maximum atomic E-state index is 12.5. The van der Waals surface area contributed by atoms with Crippen molar-refractivity contribution in [2.75, 3.05) is 6.61 Å². The Morgan fingerprint density at radius 1 is 1.38 bits per heavy atom. The molecule has 13 heavy (non-hydrogen) atoms. The van der Waals surface area contributed by atoms with Crippen molar-refractivity contribution < 1.29 is 9.13 Å². The summed E-state index contributed by atoms with van der Waals surface area (Å²) in [5, 5.41) is 0. The van der Waals surface area contributed by atoms with Crippen molar-refractivity contribution in [2.45, 2.75) is 12.5 Å². The van der Waals surface area contributed by atoms with E-state index in [-0.39, 0.29) is 11.4 Å². The summed E-state index contributed by atoms with van der Waals surface area (Å²) in [4.78, 5) is 0. The predicted molar refractivity (Wildman–Crippen MR) is 49.8 cm³/mol. The van der Waals surface area contributed by atoms with Gasteiger partial charge >= 0.3 is 0 Å². The number of halogens is 1. The molecule has 68 valence electrons. The van der Waals surface area contributed by atoms with Gasteiger partial charge < -0.3 is 4.74 Å². The number of hydrogen-bond donors (Lipinski definition) is 0. The fourth-order valence-electron chi connectivity index (χ4n) is 1.06. The first kappa shape index (κ1) is 8.45. The molecule has 2 heteroatoms. The van der Waals surface area contributed by atoms with Gasteiger partial charge in [-0.2, -0.15) is 0 Å². The zero-order valence-corrected chi connectivity index (χ0v) is 7.46. The summed E-state index contributed by atoms with van der Waals surface area (Å²) in [7, 11) is 0. The van der Waals surface area contributed by atoms with E-state index in [9.17, 15) is 4.39 Å². The van der Waals surface area contributed by atoms with Gasteiger partial charge in [0.25, 0.3) is 0 Å². The first-order valence-corrected chi connectivity index (χ1v) is 4.27. The molecule has 1 saturated heterocycles. The van der Waals surface area contributed by atoms with E-state index in [1.807, 2.05) is 19.1 Å². The lowest BCUT2D eigenvalue weighted by Crippen LogP contribution is -1.96. The Balaban J connectivity index is 2.09. The lowest BCUT2D eigenvalue weighted by atomic mass is 10.1. The Morgan fingerprint density at radius 2 is 2.00 bits per heavy atom. The molecule has 1 aliphatic heterocycles. The van der Waals surface area contributed by atoms with E-state index in [2.05, 4.69) is 0 Å². The summed E-state index contributed by atoms with van der Waals surface area (Å²) < 4.78 is 17.7. The molecule has 0 N–H and O–H groups in total. The average Bonchev–Trinajstić information content (AvgIpc) is 2.84. The van der Waals surface area contributed by atoms with Crippen molar-refractivity contribution in [3.05, 3.63) is 41.7 Å². The van der Waals surface area contributed by atoms with Crippen molar-refractivity contribution in [3.8, 4) is 0 Å². The summed E-state index contributed by atoms with van der Waals surface area (Å²) in [5.41, 5.74) is 0.923. The number of rotatable bonds is 2. The van der Waals surface area contributed by atoms with Crippen molar-refractivity contribution >= 4 is 6.08 Å². The van der Waals surface area contributed by atoms with Gasteiger partial charge in [-0.05, 0) is 24.6 Å². The van der Waals surface area contributed by atoms with Crippen LogP contribution in [0.4, 0.5) is 4.39 Å². The lowest BCUT2D eigenvalue weighted by molar-refractivity contribution is 0.370. The van der Waals surface area contributed by atoms with Crippen molar-refractivity contribution in [1.29, 1.82) is 0 Å². The fourth-order valence-corrected chi connectivity index (χ4v) is 1.06. The molecule has 0 aliphatic carbocycles. The summed E-state index contributed by atoms with van der Waals surface area (Å²) >= 11 is 0. The molecule has 0 saturated carbocycles. The molecule has 1 nitrogen and oxygen atoms in total. The molecule has 1 aromatic rings. The third kappa shape index (κ3) is 2.16. The van der Waals surface area contributed by atoms with Gasteiger partial charge in [0.15, 0.2) is 0 Å². The molecule has 0 aromatic heterocycles. The van der Waals surface area contributed by atoms with Crippen molar-refractivity contribution in [3.63, 3.8) is 0 Å². The van der Waals surface area contributed by atoms with Crippen LogP contribution < -0.4 is 0 Å². The minimum atomic E-state index is -0.203. The number of benzene rings is 1. The van der Waals surface area contributed by atoms with Gasteiger partial charge in [-0.25, -0.2) is 4.39 Å². The molecule has 0 radical (unpaired) electrons. The molecule has 1 atom stereocenters. The Kier molecular flexibility index (Phi) is 1.93. The van der Waals surface area contributed by atoms with Crippen LogP contribution in [0.1, 0.15) is 12.5 Å². The van der Waals surface area contributed by atoms with E-state index in [1.54, 1.807) is 12.1 Å². The summed E-state index contributed by atoms with van der Waals surface area (Å²) in [6.45, 7) is 2.80. The molecule has 0 spiro atoms. The van der Waals surface area contributed by atoms with Crippen LogP contribution in [-0.4, -0.2) is 12.2 Å². The van der Waals surface area contributed by atoms with E-state index < -0.39 is 0 Å². The maximum Gasteiger partial charge on any atom is 0.123 e. The molecular formula is C11H11FO. The molecule has 1 fully saturated rings. The number of hydrogen-bond acceptors (Lipinski definition) is 1. The Morgan fingerprint density at radius 3 is 2.54 bits per heavy atom. The van der Waals surface area contributed by atoms with Crippen LogP contribution in [0, 0.1) is 5.82 Å². The van der Waals surface area contributed by atoms with Crippen molar-refractivity contribution in [2.24, 2.45) is 0 Å². The Bertz CT molecular complexity index is 322. The molecule has 2 rings (SSSR count). The SMILES string of the molecule is CC1(/C=C/c2ccc(F)cc2)CO1. The maximum absolute atomic E-state index is 12.5. The van der Waals surface area contributed by atoms with E-state index in [4.69, 9.17) is 4.74 Å². The van der Waals surface area contributed by atoms with Gasteiger partial charge in [0.1, 0.15) is 11.4 Å². The third-order valence-corrected chi connectivity index (χ3v) is 2.10. The molecule has 1 aliphatic rings. The average molecular weight is 178 g/mol. The minimum absolute atomic E-state index is 0.0750. The largest absolute Gasteiger partial charge is 0.365 e. The number of ether oxygens (including phenoxy) is 1. The van der Waals surface area contributed by atoms with Crippen molar-refractivity contribution in [1.82, 2.24) is 0 Å². The van der Waals surface area contributed by atoms with Gasteiger partial charge in [-0.3, -0.25) is 0 Å². The Hall–Kier alpha value is -1.15. The molecular weight excluding hydrogens is 167 g/mol. The highest BCUT2D eigenvalue weighted by atomic mass is 19.1. The second-order valence-corrected chi connectivity index (χ2v) is 3.49. The van der Waals surface area contributed by atoms with E-state index in [1.165, 1.54) is 12.1 Å². The molecule has 0 amide bonds. The predicted octanol–water partition coefficient (Wildman–Crippen LogP) is 2.63. The molecule has 1 heterocycles. The summed E-state index contributed by atoms with van der Waals surface area (Å²) in [6, 6.07) is 6.40. The molecule has 1 aromatic carbocycles. The third-order valence-electron chi connectivity index (χ3n) is 2.10. The smallest absolute Gasteiger partial charge is 0.123 e. The van der Waals surface area contributed by atoms with Crippen LogP contribution in [0.5, 0.6) is 0 Å². The molecule has 0 bridgehead atoms. The first-order chi connectivity index (χ1) is 6.18. The lowest BCUT2D eigenvalue weighted by Gasteiger charge is -1.95. The first-order valence-electron chi connectivity index (χ1n) is 4.27. The standard InChI is InChI=1S/C11H11FO/c1-11(8-13-11)7-6-9-2-4-10(12)5-3-9/h2-7H,8H2,1H3/b7-6+. The normalized spacial score (nSPS) is 26.6. The topological polar surface area (TPSA) is 12.5 Å². The van der Waals surface area contributed by atoms with Crippen LogP contribution in [0.15, 0.2) is 30.3 Å². The zero-order valence-electron chi connectivity index (χ0n) is 7.46. The van der Waals surface area contributed by atoms with E-state index >= 15 is 0 Å². The van der Waals surface area contributed by atoms with Crippen LogP contribution in [-0.2, 0) is 4.74 Å². The van der Waals surface area contributed by atoms with Gasteiger partial charge in [0.05, 0.1) is 6.61 Å². The quantitative estimate of drug-likeness (QED) is 0.634.